The minimum atomic E-state index is -0.353. The van der Waals surface area contributed by atoms with Crippen LogP contribution in [-0.4, -0.2) is 60.7 Å². The Morgan fingerprint density at radius 3 is 2.52 bits per heavy atom. The molecule has 0 bridgehead atoms. The van der Waals surface area contributed by atoms with E-state index in [0.717, 1.165) is 38.8 Å². The van der Waals surface area contributed by atoms with Crippen LogP contribution in [0, 0.1) is 0 Å². The van der Waals surface area contributed by atoms with E-state index in [0.29, 0.717) is 30.7 Å². The second-order valence-electron chi connectivity index (χ2n) is 8.44. The predicted molar refractivity (Wildman–Crippen MR) is 125 cm³/mol. The Balaban J connectivity index is 1.78. The first-order valence-corrected chi connectivity index (χ1v) is 12.3. The van der Waals surface area contributed by atoms with Gasteiger partial charge in [0.05, 0.1) is 37.8 Å². The fraction of sp³-hybridized carbons (Fsp3) is 0.696. The number of halogens is 2. The van der Waals surface area contributed by atoms with E-state index in [1.807, 2.05) is 0 Å². The molecule has 31 heavy (non-hydrogen) atoms. The Labute approximate surface area is 196 Å². The standard InChI is InChI=1S/C23H35Cl2N3O3/c1-2-3-4-5-6-10-17-31-21(29)18-28(14-8-7-9-15-28)16-13-26-23(30)22-19(24)11-12-20(25)27-22/h11-12H,2-10,13-18H2,1H3/p+1. The second-order valence-corrected chi connectivity index (χ2v) is 9.23. The lowest BCUT2D eigenvalue weighted by Gasteiger charge is -2.40. The Morgan fingerprint density at radius 1 is 1.06 bits per heavy atom. The zero-order chi connectivity index (χ0) is 22.5. The highest BCUT2D eigenvalue weighted by Gasteiger charge is 2.33. The Morgan fingerprint density at radius 2 is 1.77 bits per heavy atom. The van der Waals surface area contributed by atoms with Gasteiger partial charge in [-0.3, -0.25) is 4.79 Å². The highest BCUT2D eigenvalue weighted by Crippen LogP contribution is 2.20. The van der Waals surface area contributed by atoms with Gasteiger partial charge < -0.3 is 14.5 Å². The zero-order valence-corrected chi connectivity index (χ0v) is 20.1. The van der Waals surface area contributed by atoms with Gasteiger partial charge >= 0.3 is 5.97 Å². The fourth-order valence-corrected chi connectivity index (χ4v) is 4.44. The molecule has 0 atom stereocenters. The molecule has 6 nitrogen and oxygen atoms in total. The third kappa shape index (κ3) is 9.34. The van der Waals surface area contributed by atoms with Crippen LogP contribution in [0.1, 0.15) is 75.2 Å². The maximum absolute atomic E-state index is 12.5. The van der Waals surface area contributed by atoms with Gasteiger partial charge in [0.25, 0.3) is 5.91 Å². The number of likely N-dealkylation sites (tertiary alicyclic amines) is 1. The van der Waals surface area contributed by atoms with E-state index in [2.05, 4.69) is 17.2 Å². The number of ether oxygens (including phenoxy) is 1. The molecule has 2 heterocycles. The normalized spacial score (nSPS) is 15.5. The number of piperidine rings is 1. The van der Waals surface area contributed by atoms with Crippen molar-refractivity contribution in [2.24, 2.45) is 0 Å². The summed E-state index contributed by atoms with van der Waals surface area (Å²) in [6, 6.07) is 3.11. The molecule has 1 saturated heterocycles. The summed E-state index contributed by atoms with van der Waals surface area (Å²) in [5.41, 5.74) is 0.123. The molecule has 2 rings (SSSR count). The lowest BCUT2D eigenvalue weighted by molar-refractivity contribution is -0.924. The molecular weight excluding hydrogens is 437 g/mol. The molecule has 1 aliphatic rings. The minimum Gasteiger partial charge on any atom is -0.462 e. The number of pyridine rings is 1. The Kier molecular flexibility index (Phi) is 11.6. The molecule has 0 aliphatic carbocycles. The zero-order valence-electron chi connectivity index (χ0n) is 18.6. The molecule has 174 valence electrons. The number of carbonyl (C=O) groups excluding carboxylic acids is 2. The SMILES string of the molecule is CCCCCCCCOC(=O)C[N+]1(CCNC(=O)c2nc(Cl)ccc2Cl)CCCCC1. The van der Waals surface area contributed by atoms with Gasteiger partial charge in [-0.05, 0) is 37.8 Å². The van der Waals surface area contributed by atoms with Crippen LogP contribution in [0.25, 0.3) is 0 Å². The minimum absolute atomic E-state index is 0.123. The molecule has 0 unspecified atom stereocenters. The third-order valence-corrected chi connectivity index (χ3v) is 6.40. The quantitative estimate of drug-likeness (QED) is 0.189. The van der Waals surface area contributed by atoms with Gasteiger partial charge in [-0.1, -0.05) is 62.2 Å². The number of rotatable bonds is 13. The van der Waals surface area contributed by atoms with Gasteiger partial charge in [-0.25, -0.2) is 9.78 Å². The average molecular weight is 473 g/mol. The van der Waals surface area contributed by atoms with E-state index in [1.165, 1.54) is 32.1 Å². The summed E-state index contributed by atoms with van der Waals surface area (Å²) in [6.45, 7) is 6.04. The Hall–Kier alpha value is -1.37. The number of carbonyl (C=O) groups is 2. The molecule has 1 aromatic heterocycles. The van der Waals surface area contributed by atoms with Gasteiger partial charge in [0.1, 0.15) is 10.8 Å². The molecule has 1 aliphatic heterocycles. The number of amides is 1. The van der Waals surface area contributed by atoms with Crippen molar-refractivity contribution < 1.29 is 18.8 Å². The summed E-state index contributed by atoms with van der Waals surface area (Å²) < 4.78 is 6.18. The van der Waals surface area contributed by atoms with Crippen molar-refractivity contribution in [3.8, 4) is 0 Å². The van der Waals surface area contributed by atoms with Crippen molar-refractivity contribution in [2.75, 3.05) is 39.3 Å². The monoisotopic (exact) mass is 472 g/mol. The van der Waals surface area contributed by atoms with Gasteiger partial charge in [-0.15, -0.1) is 0 Å². The van der Waals surface area contributed by atoms with Crippen LogP contribution in [0.2, 0.25) is 10.2 Å². The molecule has 8 heteroatoms. The largest absolute Gasteiger partial charge is 0.462 e. The fourth-order valence-electron chi connectivity index (χ4n) is 4.10. The summed E-state index contributed by atoms with van der Waals surface area (Å²) in [5, 5.41) is 3.37. The van der Waals surface area contributed by atoms with Crippen LogP contribution in [0.15, 0.2) is 12.1 Å². The third-order valence-electron chi connectivity index (χ3n) is 5.89. The van der Waals surface area contributed by atoms with Crippen molar-refractivity contribution >= 4 is 35.1 Å². The number of hydrogen-bond acceptors (Lipinski definition) is 4. The highest BCUT2D eigenvalue weighted by atomic mass is 35.5. The van der Waals surface area contributed by atoms with Crippen LogP contribution in [-0.2, 0) is 9.53 Å². The first-order chi connectivity index (χ1) is 15.0. The lowest BCUT2D eigenvalue weighted by atomic mass is 10.1. The highest BCUT2D eigenvalue weighted by molar-refractivity contribution is 6.34. The van der Waals surface area contributed by atoms with Crippen LogP contribution in [0.5, 0.6) is 0 Å². The molecule has 1 N–H and O–H groups in total. The van der Waals surface area contributed by atoms with E-state index in [-0.39, 0.29) is 27.7 Å². The molecule has 1 aromatic rings. The average Bonchev–Trinajstić information content (AvgIpc) is 2.75. The molecule has 0 spiro atoms. The number of aromatic nitrogens is 1. The van der Waals surface area contributed by atoms with Gasteiger partial charge in [0.2, 0.25) is 0 Å². The van der Waals surface area contributed by atoms with Crippen molar-refractivity contribution in [2.45, 2.75) is 64.7 Å². The number of esters is 1. The van der Waals surface area contributed by atoms with Crippen LogP contribution >= 0.6 is 23.2 Å². The van der Waals surface area contributed by atoms with E-state index in [1.54, 1.807) is 12.1 Å². The molecule has 0 aromatic carbocycles. The number of nitrogens with zero attached hydrogens (tertiary/aromatic N) is 2. The number of quaternary nitrogens is 1. The van der Waals surface area contributed by atoms with Crippen molar-refractivity contribution in [1.82, 2.24) is 10.3 Å². The van der Waals surface area contributed by atoms with E-state index >= 15 is 0 Å². The molecular formula is C23H36Cl2N3O3+. The molecule has 1 amide bonds. The molecule has 0 saturated carbocycles. The summed E-state index contributed by atoms with van der Waals surface area (Å²) in [6.07, 6.45) is 10.4. The second kappa shape index (κ2) is 13.9. The Bertz CT molecular complexity index is 709. The van der Waals surface area contributed by atoms with Gasteiger partial charge in [-0.2, -0.15) is 0 Å². The maximum Gasteiger partial charge on any atom is 0.361 e. The summed E-state index contributed by atoms with van der Waals surface area (Å²) in [7, 11) is 0. The smallest absolute Gasteiger partial charge is 0.361 e. The first kappa shape index (κ1) is 25.9. The van der Waals surface area contributed by atoms with Crippen molar-refractivity contribution in [1.29, 1.82) is 0 Å². The van der Waals surface area contributed by atoms with Crippen LogP contribution in [0.4, 0.5) is 0 Å². The summed E-state index contributed by atoms with van der Waals surface area (Å²) >= 11 is 11.9. The first-order valence-electron chi connectivity index (χ1n) is 11.6. The molecule has 0 radical (unpaired) electrons. The van der Waals surface area contributed by atoms with Crippen LogP contribution < -0.4 is 5.32 Å². The van der Waals surface area contributed by atoms with Crippen molar-refractivity contribution in [3.05, 3.63) is 28.0 Å². The summed E-state index contributed by atoms with van der Waals surface area (Å²) in [5.74, 6) is -0.491. The maximum atomic E-state index is 12.5. The number of nitrogens with one attached hydrogen (secondary N) is 1. The van der Waals surface area contributed by atoms with Crippen LogP contribution in [0.3, 0.4) is 0 Å². The van der Waals surface area contributed by atoms with E-state index < -0.39 is 0 Å². The molecule has 1 fully saturated rings. The van der Waals surface area contributed by atoms with E-state index in [4.69, 9.17) is 27.9 Å². The van der Waals surface area contributed by atoms with Gasteiger partial charge in [0, 0.05) is 0 Å². The topological polar surface area (TPSA) is 68.3 Å². The predicted octanol–water partition coefficient (Wildman–Crippen LogP) is 5.02. The number of unbranched alkanes of at least 4 members (excludes halogenated alkanes) is 5. The van der Waals surface area contributed by atoms with E-state index in [9.17, 15) is 9.59 Å². The number of hydrogen-bond donors (Lipinski definition) is 1. The lowest BCUT2D eigenvalue weighted by Crippen LogP contribution is -2.57. The van der Waals surface area contributed by atoms with Crippen molar-refractivity contribution in [3.63, 3.8) is 0 Å². The summed E-state index contributed by atoms with van der Waals surface area (Å²) in [4.78, 5) is 28.9. The van der Waals surface area contributed by atoms with Gasteiger partial charge in [0.15, 0.2) is 6.54 Å².